The van der Waals surface area contributed by atoms with E-state index in [-0.39, 0.29) is 12.5 Å². The van der Waals surface area contributed by atoms with E-state index in [4.69, 9.17) is 9.15 Å². The van der Waals surface area contributed by atoms with Crippen LogP contribution in [0.3, 0.4) is 0 Å². The Bertz CT molecular complexity index is 677. The Kier molecular flexibility index (Phi) is 6.00. The number of likely N-dealkylation sites (N-methyl/N-ethyl adjacent to an activating group) is 1. The molecule has 1 heterocycles. The van der Waals surface area contributed by atoms with Crippen LogP contribution in [0.15, 0.2) is 34.7 Å². The average Bonchev–Trinajstić information content (AvgIpc) is 2.84. The first-order valence-corrected chi connectivity index (χ1v) is 7.79. The predicted molar refractivity (Wildman–Crippen MR) is 92.6 cm³/mol. The van der Waals surface area contributed by atoms with Crippen molar-refractivity contribution in [1.29, 1.82) is 0 Å². The topological polar surface area (TPSA) is 74.9 Å². The van der Waals surface area contributed by atoms with E-state index in [2.05, 4.69) is 5.32 Å². The number of hydrogen-bond acceptors (Lipinski definition) is 5. The van der Waals surface area contributed by atoms with E-state index in [0.29, 0.717) is 29.5 Å². The zero-order chi connectivity index (χ0) is 17.7. The van der Waals surface area contributed by atoms with Crippen LogP contribution in [0, 0.1) is 13.8 Å². The number of carbonyl (C=O) groups is 1. The van der Waals surface area contributed by atoms with E-state index in [1.165, 1.54) is 0 Å². The molecule has 0 saturated heterocycles. The summed E-state index contributed by atoms with van der Waals surface area (Å²) in [5, 5.41) is 12.6. The Morgan fingerprint density at radius 3 is 2.50 bits per heavy atom. The molecule has 6 heteroatoms. The molecule has 1 atom stereocenters. The van der Waals surface area contributed by atoms with E-state index < -0.39 is 6.10 Å². The number of nitrogens with one attached hydrogen (secondary N) is 1. The number of benzene rings is 1. The number of carbonyl (C=O) groups excluding carboxylic acids is 1. The van der Waals surface area contributed by atoms with E-state index in [9.17, 15) is 9.90 Å². The fourth-order valence-electron chi connectivity index (χ4n) is 2.36. The molecule has 1 aromatic carbocycles. The number of aryl methyl sites for hydroxylation is 2. The summed E-state index contributed by atoms with van der Waals surface area (Å²) in [5.41, 5.74) is 1.45. The van der Waals surface area contributed by atoms with Crippen LogP contribution in [0.1, 0.15) is 21.9 Å². The van der Waals surface area contributed by atoms with Gasteiger partial charge in [-0.1, -0.05) is 0 Å². The highest BCUT2D eigenvalue weighted by atomic mass is 16.5. The highest BCUT2D eigenvalue weighted by Gasteiger charge is 2.14. The zero-order valence-electron chi connectivity index (χ0n) is 14.5. The Labute approximate surface area is 142 Å². The van der Waals surface area contributed by atoms with Gasteiger partial charge >= 0.3 is 0 Å². The van der Waals surface area contributed by atoms with Crippen molar-refractivity contribution in [2.45, 2.75) is 20.0 Å². The number of anilines is 1. The SMILES string of the molecule is Cc1cc(C)c(C(=O)Nc2ccc(OCC(O)CN(C)C)cc2)o1. The van der Waals surface area contributed by atoms with E-state index in [1.54, 1.807) is 31.2 Å². The summed E-state index contributed by atoms with van der Waals surface area (Å²) in [4.78, 5) is 14.1. The van der Waals surface area contributed by atoms with E-state index in [1.807, 2.05) is 32.0 Å². The molecule has 130 valence electrons. The van der Waals surface area contributed by atoms with Crippen molar-refractivity contribution in [2.24, 2.45) is 0 Å². The molecule has 2 N–H and O–H groups in total. The van der Waals surface area contributed by atoms with Crippen LogP contribution in [0.5, 0.6) is 5.75 Å². The van der Waals surface area contributed by atoms with E-state index >= 15 is 0 Å². The first kappa shape index (κ1) is 18.0. The lowest BCUT2D eigenvalue weighted by Crippen LogP contribution is -2.30. The monoisotopic (exact) mass is 332 g/mol. The maximum absolute atomic E-state index is 12.2. The van der Waals surface area contributed by atoms with Gasteiger partial charge < -0.3 is 24.5 Å². The molecule has 1 amide bonds. The third-order valence-electron chi connectivity index (χ3n) is 3.38. The number of nitrogens with zero attached hydrogens (tertiary/aromatic N) is 1. The second-order valence-electron chi connectivity index (χ2n) is 6.07. The smallest absolute Gasteiger partial charge is 0.291 e. The van der Waals surface area contributed by atoms with Crippen molar-refractivity contribution in [3.63, 3.8) is 0 Å². The van der Waals surface area contributed by atoms with Crippen molar-refractivity contribution in [3.8, 4) is 5.75 Å². The maximum atomic E-state index is 12.2. The molecule has 0 spiro atoms. The van der Waals surface area contributed by atoms with Crippen molar-refractivity contribution in [1.82, 2.24) is 4.90 Å². The molecular weight excluding hydrogens is 308 g/mol. The molecule has 1 aromatic heterocycles. The number of furan rings is 1. The summed E-state index contributed by atoms with van der Waals surface area (Å²) in [6, 6.07) is 8.81. The summed E-state index contributed by atoms with van der Waals surface area (Å²) < 4.78 is 10.9. The van der Waals surface area contributed by atoms with Gasteiger partial charge in [-0.3, -0.25) is 4.79 Å². The van der Waals surface area contributed by atoms with Gasteiger partial charge in [0.05, 0.1) is 0 Å². The van der Waals surface area contributed by atoms with Gasteiger partial charge in [-0.2, -0.15) is 0 Å². The zero-order valence-corrected chi connectivity index (χ0v) is 14.5. The van der Waals surface area contributed by atoms with Crippen LogP contribution in [-0.4, -0.2) is 49.3 Å². The van der Waals surface area contributed by atoms with Crippen molar-refractivity contribution < 1.29 is 19.1 Å². The van der Waals surface area contributed by atoms with Crippen LogP contribution < -0.4 is 10.1 Å². The summed E-state index contributed by atoms with van der Waals surface area (Å²) in [6.07, 6.45) is -0.551. The van der Waals surface area contributed by atoms with Gasteiger partial charge in [-0.15, -0.1) is 0 Å². The molecule has 0 aliphatic carbocycles. The quantitative estimate of drug-likeness (QED) is 0.814. The molecule has 0 aliphatic rings. The van der Waals surface area contributed by atoms with Gasteiger partial charge in [0.15, 0.2) is 5.76 Å². The number of aliphatic hydroxyl groups is 1. The van der Waals surface area contributed by atoms with Gasteiger partial charge in [-0.05, 0) is 58.3 Å². The molecule has 2 aromatic rings. The number of hydrogen-bond donors (Lipinski definition) is 2. The Morgan fingerprint density at radius 2 is 1.96 bits per heavy atom. The molecule has 0 saturated carbocycles. The lowest BCUT2D eigenvalue weighted by atomic mass is 10.2. The van der Waals surface area contributed by atoms with Crippen molar-refractivity contribution in [3.05, 3.63) is 47.4 Å². The van der Waals surface area contributed by atoms with Crippen molar-refractivity contribution in [2.75, 3.05) is 32.6 Å². The molecule has 1 unspecified atom stereocenters. The van der Waals surface area contributed by atoms with Crippen LogP contribution in [0.2, 0.25) is 0 Å². The molecule has 0 radical (unpaired) electrons. The van der Waals surface area contributed by atoms with Crippen molar-refractivity contribution >= 4 is 11.6 Å². The van der Waals surface area contributed by atoms with Crippen LogP contribution in [-0.2, 0) is 0 Å². The number of aliphatic hydroxyl groups excluding tert-OH is 1. The second-order valence-corrected chi connectivity index (χ2v) is 6.07. The largest absolute Gasteiger partial charge is 0.491 e. The summed E-state index contributed by atoms with van der Waals surface area (Å²) in [5.74, 6) is 1.38. The van der Waals surface area contributed by atoms with Gasteiger partial charge in [0.2, 0.25) is 0 Å². The lowest BCUT2D eigenvalue weighted by Gasteiger charge is -2.16. The van der Waals surface area contributed by atoms with Crippen LogP contribution >= 0.6 is 0 Å². The minimum Gasteiger partial charge on any atom is -0.491 e. The minimum absolute atomic E-state index is 0.217. The normalized spacial score (nSPS) is 12.2. The summed E-state index contributed by atoms with van der Waals surface area (Å²) in [7, 11) is 3.78. The van der Waals surface area contributed by atoms with Gasteiger partial charge in [0.1, 0.15) is 24.2 Å². The Balaban J connectivity index is 1.90. The second kappa shape index (κ2) is 7.99. The minimum atomic E-state index is -0.551. The molecule has 0 bridgehead atoms. The van der Waals surface area contributed by atoms with Gasteiger partial charge in [-0.25, -0.2) is 0 Å². The molecule has 6 nitrogen and oxygen atoms in total. The molecule has 0 aliphatic heterocycles. The van der Waals surface area contributed by atoms with E-state index in [0.717, 1.165) is 5.56 Å². The third-order valence-corrected chi connectivity index (χ3v) is 3.38. The highest BCUT2D eigenvalue weighted by molar-refractivity contribution is 6.03. The Morgan fingerprint density at radius 1 is 1.29 bits per heavy atom. The third kappa shape index (κ3) is 5.11. The number of rotatable bonds is 7. The molecule has 0 fully saturated rings. The fraction of sp³-hybridized carbons (Fsp3) is 0.389. The number of ether oxygens (including phenoxy) is 1. The fourth-order valence-corrected chi connectivity index (χ4v) is 2.36. The molecule has 2 rings (SSSR count). The molecule has 24 heavy (non-hydrogen) atoms. The first-order chi connectivity index (χ1) is 11.3. The summed E-state index contributed by atoms with van der Waals surface area (Å²) >= 11 is 0. The average molecular weight is 332 g/mol. The number of amides is 1. The molecular formula is C18H24N2O4. The summed E-state index contributed by atoms with van der Waals surface area (Å²) in [6.45, 7) is 4.40. The predicted octanol–water partition coefficient (Wildman–Crippen LogP) is 2.45. The van der Waals surface area contributed by atoms with Gasteiger partial charge in [0.25, 0.3) is 5.91 Å². The van der Waals surface area contributed by atoms with Crippen LogP contribution in [0.4, 0.5) is 5.69 Å². The first-order valence-electron chi connectivity index (χ1n) is 7.79. The highest BCUT2D eigenvalue weighted by Crippen LogP contribution is 2.19. The lowest BCUT2D eigenvalue weighted by molar-refractivity contribution is 0.0831. The standard InChI is InChI=1S/C18H24N2O4/c1-12-9-13(2)24-17(12)18(22)19-14-5-7-16(8-6-14)23-11-15(21)10-20(3)4/h5-9,15,21H,10-11H2,1-4H3,(H,19,22). The Hall–Kier alpha value is -2.31. The van der Waals surface area contributed by atoms with Crippen LogP contribution in [0.25, 0.3) is 0 Å². The van der Waals surface area contributed by atoms with Gasteiger partial charge in [0, 0.05) is 17.8 Å². The maximum Gasteiger partial charge on any atom is 0.291 e.